The minimum atomic E-state index is -0.952. The number of rotatable bonds is 6. The maximum absolute atomic E-state index is 12.6. The maximum Gasteiger partial charge on any atom is 0.326 e. The highest BCUT2D eigenvalue weighted by molar-refractivity contribution is 6.45. The number of H-pyrrole nitrogens is 1. The minimum absolute atomic E-state index is 0.173. The minimum Gasteiger partial charge on any atom is -0.480 e. The lowest BCUT2D eigenvalue weighted by Gasteiger charge is -2.24. The Labute approximate surface area is 188 Å². The first-order chi connectivity index (χ1) is 14.9. The van der Waals surface area contributed by atoms with Crippen LogP contribution >= 0.6 is 23.2 Å². The molecule has 0 radical (unpaired) electrons. The summed E-state index contributed by atoms with van der Waals surface area (Å²) in [5.74, 6) is -0.503. The van der Waals surface area contributed by atoms with Crippen molar-refractivity contribution >= 4 is 51.8 Å². The molecular weight excluding hydrogens is 441 g/mol. The van der Waals surface area contributed by atoms with E-state index in [1.807, 2.05) is 24.1 Å². The summed E-state index contributed by atoms with van der Waals surface area (Å²) in [7, 11) is 1.83. The Morgan fingerprint density at radius 2 is 2.16 bits per heavy atom. The summed E-state index contributed by atoms with van der Waals surface area (Å²) < 4.78 is 0. The van der Waals surface area contributed by atoms with E-state index in [1.165, 1.54) is 4.90 Å². The van der Waals surface area contributed by atoms with Gasteiger partial charge in [-0.05, 0) is 30.5 Å². The van der Waals surface area contributed by atoms with E-state index in [4.69, 9.17) is 23.2 Å². The number of amides is 1. The summed E-state index contributed by atoms with van der Waals surface area (Å²) in [4.78, 5) is 32.0. The lowest BCUT2D eigenvalue weighted by molar-refractivity contribution is -0.148. The van der Waals surface area contributed by atoms with Crippen LogP contribution in [-0.2, 0) is 9.59 Å². The van der Waals surface area contributed by atoms with Gasteiger partial charge in [0, 0.05) is 43.7 Å². The van der Waals surface area contributed by atoms with Crippen LogP contribution in [0.15, 0.2) is 30.6 Å². The van der Waals surface area contributed by atoms with Crippen LogP contribution in [0.5, 0.6) is 0 Å². The average molecular weight is 462 g/mol. The Morgan fingerprint density at radius 3 is 2.87 bits per heavy atom. The number of aromatic nitrogens is 3. The molecule has 1 aliphatic heterocycles. The van der Waals surface area contributed by atoms with Gasteiger partial charge in [0.15, 0.2) is 0 Å². The van der Waals surface area contributed by atoms with Crippen molar-refractivity contribution < 1.29 is 14.7 Å². The Balaban J connectivity index is 1.61. The van der Waals surface area contributed by atoms with Gasteiger partial charge in [0.05, 0.1) is 21.8 Å². The molecule has 0 spiro atoms. The van der Waals surface area contributed by atoms with E-state index in [2.05, 4.69) is 15.2 Å². The van der Waals surface area contributed by atoms with Gasteiger partial charge in [0.2, 0.25) is 5.91 Å². The van der Waals surface area contributed by atoms with E-state index in [0.29, 0.717) is 47.3 Å². The summed E-state index contributed by atoms with van der Waals surface area (Å²) in [6, 6.07) is 4.78. The van der Waals surface area contributed by atoms with Crippen LogP contribution in [0.3, 0.4) is 0 Å². The van der Waals surface area contributed by atoms with Gasteiger partial charge in [0.1, 0.15) is 11.9 Å². The molecule has 1 atom stereocenters. The molecule has 1 saturated heterocycles. The zero-order chi connectivity index (χ0) is 22.1. The van der Waals surface area contributed by atoms with Crippen molar-refractivity contribution in [2.24, 2.45) is 0 Å². The normalized spacial score (nSPS) is 16.1. The van der Waals surface area contributed by atoms with Gasteiger partial charge in [0.25, 0.3) is 0 Å². The number of benzene rings is 1. The van der Waals surface area contributed by atoms with Crippen molar-refractivity contribution in [3.8, 4) is 11.1 Å². The number of carboxylic acid groups (broad SMARTS) is 1. The Kier molecular flexibility index (Phi) is 6.02. The molecule has 0 bridgehead atoms. The quantitative estimate of drug-likeness (QED) is 0.577. The second kappa shape index (κ2) is 8.72. The SMILES string of the molecule is CN(CCC(=O)N1CCC[C@H]1C(=O)O)c1cc(-c2cn[nH]c2)c2ccc(Cl)c(Cl)c2n1. The molecule has 3 aromatic rings. The molecule has 0 aliphatic carbocycles. The molecule has 2 aromatic heterocycles. The average Bonchev–Trinajstić information content (AvgIpc) is 3.46. The number of fused-ring (bicyclic) bond motifs is 1. The third-order valence-corrected chi connectivity index (χ3v) is 6.37. The molecule has 0 unspecified atom stereocenters. The highest BCUT2D eigenvalue weighted by atomic mass is 35.5. The monoisotopic (exact) mass is 461 g/mol. The second-order valence-corrected chi connectivity index (χ2v) is 8.31. The zero-order valence-electron chi connectivity index (χ0n) is 16.8. The zero-order valence-corrected chi connectivity index (χ0v) is 18.3. The van der Waals surface area contributed by atoms with Crippen molar-refractivity contribution in [1.82, 2.24) is 20.1 Å². The maximum atomic E-state index is 12.6. The van der Waals surface area contributed by atoms with Crippen LogP contribution in [0.4, 0.5) is 5.82 Å². The molecular formula is C21H21Cl2N5O3. The summed E-state index contributed by atoms with van der Waals surface area (Å²) in [6.45, 7) is 0.857. The van der Waals surface area contributed by atoms with Gasteiger partial charge in [-0.3, -0.25) is 9.89 Å². The first-order valence-electron chi connectivity index (χ1n) is 9.88. The molecule has 1 amide bonds. The van der Waals surface area contributed by atoms with E-state index in [0.717, 1.165) is 16.5 Å². The molecule has 10 heteroatoms. The smallest absolute Gasteiger partial charge is 0.326 e. The van der Waals surface area contributed by atoms with Crippen LogP contribution in [0.2, 0.25) is 10.0 Å². The highest BCUT2D eigenvalue weighted by Gasteiger charge is 2.33. The van der Waals surface area contributed by atoms with Crippen LogP contribution in [0.25, 0.3) is 22.0 Å². The molecule has 3 heterocycles. The number of carbonyl (C=O) groups is 2. The Bertz CT molecular complexity index is 1140. The van der Waals surface area contributed by atoms with Gasteiger partial charge in [-0.1, -0.05) is 29.3 Å². The van der Waals surface area contributed by atoms with Crippen LogP contribution in [-0.4, -0.2) is 63.2 Å². The van der Waals surface area contributed by atoms with Crippen molar-refractivity contribution in [2.45, 2.75) is 25.3 Å². The fourth-order valence-corrected chi connectivity index (χ4v) is 4.26. The lowest BCUT2D eigenvalue weighted by Crippen LogP contribution is -2.41. The third-order valence-electron chi connectivity index (χ3n) is 5.58. The van der Waals surface area contributed by atoms with Crippen molar-refractivity contribution in [1.29, 1.82) is 0 Å². The topological polar surface area (TPSA) is 102 Å². The number of carboxylic acids is 1. The number of hydrogen-bond donors (Lipinski definition) is 2. The van der Waals surface area contributed by atoms with Crippen molar-refractivity contribution in [3.63, 3.8) is 0 Å². The van der Waals surface area contributed by atoms with Gasteiger partial charge < -0.3 is 14.9 Å². The van der Waals surface area contributed by atoms with E-state index < -0.39 is 12.0 Å². The van der Waals surface area contributed by atoms with E-state index in [1.54, 1.807) is 18.5 Å². The van der Waals surface area contributed by atoms with Gasteiger partial charge in [-0.2, -0.15) is 5.10 Å². The predicted molar refractivity (Wildman–Crippen MR) is 120 cm³/mol. The number of hydrogen-bond acceptors (Lipinski definition) is 5. The molecule has 162 valence electrons. The summed E-state index contributed by atoms with van der Waals surface area (Å²) in [6.07, 6.45) is 4.88. The Hall–Kier alpha value is -2.84. The first kappa shape index (κ1) is 21.4. The lowest BCUT2D eigenvalue weighted by atomic mass is 10.0. The molecule has 2 N–H and O–H groups in total. The van der Waals surface area contributed by atoms with E-state index >= 15 is 0 Å². The van der Waals surface area contributed by atoms with Crippen LogP contribution in [0.1, 0.15) is 19.3 Å². The number of nitrogens with one attached hydrogen (secondary N) is 1. The standard InChI is InChI=1S/C21H21Cl2N5O3/c1-27(8-6-18(29)28-7-2-3-16(28)21(30)31)17-9-14(12-10-24-25-11-12)13-4-5-15(22)19(23)20(13)26-17/h4-5,9-11,16H,2-3,6-8H2,1H3,(H,24,25)(H,30,31)/t16-/m0/s1. The van der Waals surface area contributed by atoms with Crippen molar-refractivity contribution in [3.05, 3.63) is 40.6 Å². The summed E-state index contributed by atoms with van der Waals surface area (Å²) in [5, 5.41) is 17.8. The third kappa shape index (κ3) is 4.18. The molecule has 1 aliphatic rings. The molecule has 1 fully saturated rings. The number of aliphatic carboxylic acids is 1. The number of anilines is 1. The van der Waals surface area contributed by atoms with Crippen LogP contribution in [0, 0.1) is 0 Å². The number of likely N-dealkylation sites (tertiary alicyclic amines) is 1. The molecule has 1 aromatic carbocycles. The van der Waals surface area contributed by atoms with Gasteiger partial charge in [-0.25, -0.2) is 9.78 Å². The number of nitrogens with zero attached hydrogens (tertiary/aromatic N) is 4. The fourth-order valence-electron chi connectivity index (χ4n) is 3.90. The predicted octanol–water partition coefficient (Wildman–Crippen LogP) is 3.83. The summed E-state index contributed by atoms with van der Waals surface area (Å²) in [5.41, 5.74) is 2.32. The van der Waals surface area contributed by atoms with Crippen LogP contribution < -0.4 is 4.90 Å². The molecule has 4 rings (SSSR count). The molecule has 0 saturated carbocycles. The largest absolute Gasteiger partial charge is 0.480 e. The number of pyridine rings is 1. The molecule has 8 nitrogen and oxygen atoms in total. The van der Waals surface area contributed by atoms with Crippen molar-refractivity contribution in [2.75, 3.05) is 25.0 Å². The first-order valence-corrected chi connectivity index (χ1v) is 10.6. The number of carbonyl (C=O) groups excluding carboxylic acids is 1. The second-order valence-electron chi connectivity index (χ2n) is 7.53. The Morgan fingerprint density at radius 1 is 1.35 bits per heavy atom. The number of halogens is 2. The van der Waals surface area contributed by atoms with E-state index in [9.17, 15) is 14.7 Å². The fraction of sp³-hybridized carbons (Fsp3) is 0.333. The number of aromatic amines is 1. The summed E-state index contributed by atoms with van der Waals surface area (Å²) >= 11 is 12.7. The highest BCUT2D eigenvalue weighted by Crippen LogP contribution is 2.37. The van der Waals surface area contributed by atoms with E-state index in [-0.39, 0.29) is 12.3 Å². The van der Waals surface area contributed by atoms with Gasteiger partial charge >= 0.3 is 5.97 Å². The van der Waals surface area contributed by atoms with Gasteiger partial charge in [-0.15, -0.1) is 0 Å². The molecule has 31 heavy (non-hydrogen) atoms.